The van der Waals surface area contributed by atoms with E-state index < -0.39 is 5.82 Å². The molecule has 3 aromatic rings. The molecule has 0 aliphatic rings. The highest BCUT2D eigenvalue weighted by Crippen LogP contribution is 2.24. The average Bonchev–Trinajstić information content (AvgIpc) is 3.11. The van der Waals surface area contributed by atoms with Crippen molar-refractivity contribution in [3.63, 3.8) is 0 Å². The highest BCUT2D eigenvalue weighted by Gasteiger charge is 2.12. The summed E-state index contributed by atoms with van der Waals surface area (Å²) in [5.74, 6) is -0.920. The number of nitrogens with zero attached hydrogens (tertiary/aromatic N) is 3. The zero-order valence-corrected chi connectivity index (χ0v) is 16.2. The Morgan fingerprint density at radius 2 is 2.04 bits per heavy atom. The Hall–Kier alpha value is -2.91. The molecule has 1 heterocycles. The maximum Gasteiger partial charge on any atom is 0.234 e. The molecule has 0 atom stereocenters. The topological polar surface area (TPSA) is 88.9 Å². The Bertz CT molecular complexity index is 1030. The number of hydrogen-bond acceptors (Lipinski definition) is 5. The van der Waals surface area contributed by atoms with Crippen LogP contribution >= 0.6 is 23.4 Å². The standard InChI is InChI=1S/C18H15ClFN5O2S/c1-11(26)22-13-3-2-4-14(8-13)25-10-21-24-18(25)28-9-17(27)23-16-6-5-12(20)7-15(16)19/h2-8,10H,9H2,1H3,(H,22,26)(H,23,27). The van der Waals surface area contributed by atoms with Gasteiger partial charge in [-0.1, -0.05) is 29.4 Å². The second-order valence-corrected chi connectivity index (χ2v) is 7.03. The summed E-state index contributed by atoms with van der Waals surface area (Å²) in [5.41, 5.74) is 1.71. The summed E-state index contributed by atoms with van der Waals surface area (Å²) in [5, 5.41) is 13.9. The molecule has 144 valence electrons. The van der Waals surface area contributed by atoms with Gasteiger partial charge < -0.3 is 10.6 Å². The normalized spacial score (nSPS) is 10.5. The van der Waals surface area contributed by atoms with Crippen molar-refractivity contribution in [3.8, 4) is 5.69 Å². The highest BCUT2D eigenvalue weighted by atomic mass is 35.5. The first-order valence-corrected chi connectivity index (χ1v) is 9.44. The van der Waals surface area contributed by atoms with Gasteiger partial charge in [-0.2, -0.15) is 0 Å². The van der Waals surface area contributed by atoms with E-state index in [9.17, 15) is 14.0 Å². The second-order valence-electron chi connectivity index (χ2n) is 5.68. The van der Waals surface area contributed by atoms with Gasteiger partial charge >= 0.3 is 0 Å². The summed E-state index contributed by atoms with van der Waals surface area (Å²) >= 11 is 7.09. The van der Waals surface area contributed by atoms with Crippen LogP contribution in [0.2, 0.25) is 5.02 Å². The Labute approximate surface area is 169 Å². The van der Waals surface area contributed by atoms with Crippen molar-refractivity contribution in [2.24, 2.45) is 0 Å². The number of halogens is 2. The van der Waals surface area contributed by atoms with Gasteiger partial charge in [-0.3, -0.25) is 14.2 Å². The molecule has 0 aliphatic heterocycles. The van der Waals surface area contributed by atoms with Crippen LogP contribution in [0.15, 0.2) is 53.9 Å². The molecule has 2 N–H and O–H groups in total. The van der Waals surface area contributed by atoms with E-state index in [2.05, 4.69) is 20.8 Å². The van der Waals surface area contributed by atoms with Gasteiger partial charge in [0.25, 0.3) is 0 Å². The molecule has 28 heavy (non-hydrogen) atoms. The van der Waals surface area contributed by atoms with Crippen LogP contribution in [0.25, 0.3) is 5.69 Å². The van der Waals surface area contributed by atoms with E-state index in [0.29, 0.717) is 16.5 Å². The number of benzene rings is 2. The molecule has 0 saturated carbocycles. The first-order valence-electron chi connectivity index (χ1n) is 8.08. The van der Waals surface area contributed by atoms with Gasteiger partial charge in [0, 0.05) is 12.6 Å². The lowest BCUT2D eigenvalue weighted by Gasteiger charge is -2.09. The first-order chi connectivity index (χ1) is 13.4. The quantitative estimate of drug-likeness (QED) is 0.594. The molecule has 2 aromatic carbocycles. The van der Waals surface area contributed by atoms with Crippen molar-refractivity contribution in [2.75, 3.05) is 16.4 Å². The van der Waals surface area contributed by atoms with Crippen LogP contribution in [0.4, 0.5) is 15.8 Å². The maximum atomic E-state index is 13.1. The smallest absolute Gasteiger partial charge is 0.234 e. The van der Waals surface area contributed by atoms with Crippen LogP contribution in [0.5, 0.6) is 0 Å². The van der Waals surface area contributed by atoms with E-state index >= 15 is 0 Å². The molecule has 0 unspecified atom stereocenters. The number of nitrogens with one attached hydrogen (secondary N) is 2. The van der Waals surface area contributed by atoms with Crippen molar-refractivity contribution in [3.05, 3.63) is 59.6 Å². The predicted molar refractivity (Wildman–Crippen MR) is 106 cm³/mol. The summed E-state index contributed by atoms with van der Waals surface area (Å²) in [4.78, 5) is 23.4. The van der Waals surface area contributed by atoms with E-state index in [-0.39, 0.29) is 22.6 Å². The lowest BCUT2D eigenvalue weighted by atomic mass is 10.2. The van der Waals surface area contributed by atoms with E-state index in [0.717, 1.165) is 11.8 Å². The van der Waals surface area contributed by atoms with Gasteiger partial charge in [-0.25, -0.2) is 4.39 Å². The fourth-order valence-corrected chi connectivity index (χ4v) is 3.29. The van der Waals surface area contributed by atoms with E-state index in [1.54, 1.807) is 22.8 Å². The Morgan fingerprint density at radius 1 is 1.21 bits per heavy atom. The number of carbonyl (C=O) groups is 2. The molecule has 0 spiro atoms. The van der Waals surface area contributed by atoms with Crippen LogP contribution in [-0.4, -0.2) is 32.3 Å². The molecule has 0 bridgehead atoms. The van der Waals surface area contributed by atoms with Gasteiger partial charge in [0.1, 0.15) is 12.1 Å². The van der Waals surface area contributed by atoms with Crippen LogP contribution < -0.4 is 10.6 Å². The summed E-state index contributed by atoms with van der Waals surface area (Å²) in [6.07, 6.45) is 1.52. The lowest BCUT2D eigenvalue weighted by molar-refractivity contribution is -0.114. The Balaban J connectivity index is 1.67. The van der Waals surface area contributed by atoms with Crippen molar-refractivity contribution in [1.82, 2.24) is 14.8 Å². The van der Waals surface area contributed by atoms with Gasteiger partial charge in [-0.15, -0.1) is 10.2 Å². The minimum absolute atomic E-state index is 0.0534. The molecule has 1 aromatic heterocycles. The summed E-state index contributed by atoms with van der Waals surface area (Å²) < 4.78 is 14.8. The number of amides is 2. The number of rotatable bonds is 6. The highest BCUT2D eigenvalue weighted by molar-refractivity contribution is 7.99. The van der Waals surface area contributed by atoms with Gasteiger partial charge in [-0.05, 0) is 36.4 Å². The van der Waals surface area contributed by atoms with Crippen molar-refractivity contribution in [1.29, 1.82) is 0 Å². The Morgan fingerprint density at radius 3 is 2.79 bits per heavy atom. The average molecular weight is 420 g/mol. The molecule has 0 fully saturated rings. The van der Waals surface area contributed by atoms with Crippen LogP contribution in [0, 0.1) is 5.82 Å². The Kier molecular flexibility index (Phi) is 6.27. The van der Waals surface area contributed by atoms with Crippen molar-refractivity contribution >= 4 is 46.6 Å². The minimum Gasteiger partial charge on any atom is -0.326 e. The summed E-state index contributed by atoms with van der Waals surface area (Å²) in [6, 6.07) is 10.9. The molecular weight excluding hydrogens is 405 g/mol. The third-order valence-corrected chi connectivity index (χ3v) is 4.75. The molecule has 10 heteroatoms. The predicted octanol–water partition coefficient (Wildman–Crippen LogP) is 3.75. The summed E-state index contributed by atoms with van der Waals surface area (Å²) in [7, 11) is 0. The molecule has 3 rings (SSSR count). The molecule has 7 nitrogen and oxygen atoms in total. The monoisotopic (exact) mass is 419 g/mol. The van der Waals surface area contributed by atoms with Crippen LogP contribution in [-0.2, 0) is 9.59 Å². The zero-order chi connectivity index (χ0) is 20.1. The minimum atomic E-state index is -0.480. The fourth-order valence-electron chi connectivity index (χ4n) is 2.34. The number of thioether (sulfide) groups is 1. The molecule has 0 radical (unpaired) electrons. The van der Waals surface area contributed by atoms with Crippen LogP contribution in [0.3, 0.4) is 0 Å². The summed E-state index contributed by atoms with van der Waals surface area (Å²) in [6.45, 7) is 1.43. The van der Waals surface area contributed by atoms with E-state index in [4.69, 9.17) is 11.6 Å². The van der Waals surface area contributed by atoms with Gasteiger partial charge in [0.2, 0.25) is 11.8 Å². The number of aromatic nitrogens is 3. The second kappa shape index (κ2) is 8.85. The third-order valence-electron chi connectivity index (χ3n) is 3.50. The zero-order valence-electron chi connectivity index (χ0n) is 14.6. The molecule has 2 amide bonds. The third kappa shape index (κ3) is 5.08. The van der Waals surface area contributed by atoms with E-state index in [1.165, 1.54) is 37.1 Å². The van der Waals surface area contributed by atoms with Gasteiger partial charge in [0.15, 0.2) is 5.16 Å². The maximum absolute atomic E-state index is 13.1. The van der Waals surface area contributed by atoms with Crippen molar-refractivity contribution < 1.29 is 14.0 Å². The lowest BCUT2D eigenvalue weighted by Crippen LogP contribution is -2.15. The molecule has 0 saturated heterocycles. The number of anilines is 2. The van der Waals surface area contributed by atoms with Gasteiger partial charge in [0.05, 0.1) is 22.2 Å². The largest absolute Gasteiger partial charge is 0.326 e. The van der Waals surface area contributed by atoms with Crippen molar-refractivity contribution in [2.45, 2.75) is 12.1 Å². The number of hydrogen-bond donors (Lipinski definition) is 2. The SMILES string of the molecule is CC(=O)Nc1cccc(-n2cnnc2SCC(=O)Nc2ccc(F)cc2Cl)c1. The van der Waals surface area contributed by atoms with E-state index in [1.807, 2.05) is 6.07 Å². The number of carbonyl (C=O) groups excluding carboxylic acids is 2. The van der Waals surface area contributed by atoms with Crippen LogP contribution in [0.1, 0.15) is 6.92 Å². The molecular formula is C18H15ClFN5O2S. The fraction of sp³-hybridized carbons (Fsp3) is 0.111. The first kappa shape index (κ1) is 19.8. The molecule has 0 aliphatic carbocycles.